The third-order valence-corrected chi connectivity index (χ3v) is 1.13. The molecule has 0 heteroatoms. The lowest BCUT2D eigenvalue weighted by molar-refractivity contribution is 1.21. The van der Waals surface area contributed by atoms with Gasteiger partial charge < -0.3 is 0 Å². The van der Waals surface area contributed by atoms with E-state index >= 15 is 0 Å². The van der Waals surface area contributed by atoms with Gasteiger partial charge in [-0.05, 0) is 12.0 Å². The van der Waals surface area contributed by atoms with Gasteiger partial charge in [-0.2, -0.15) is 0 Å². The van der Waals surface area contributed by atoms with Crippen LogP contribution in [0.25, 0.3) is 0 Å². The highest BCUT2D eigenvalue weighted by Crippen LogP contribution is 2.06. The Balaban J connectivity index is 2.60. The molecular formula is C8H10. The minimum Gasteiger partial charge on any atom is -0.0775 e. The molecule has 1 aliphatic carbocycles. The molecule has 0 heterocycles. The normalized spacial score (nSPS) is 15.4. The first-order chi connectivity index (χ1) is 3.93. The maximum Gasteiger partial charge on any atom is -0.0297 e. The van der Waals surface area contributed by atoms with E-state index < -0.39 is 0 Å². The number of hydrogen-bond donors (Lipinski definition) is 0. The predicted molar refractivity (Wildman–Crippen MR) is 36.7 cm³/mol. The predicted octanol–water partition coefficient (Wildman–Crippen LogP) is 2.45. The first-order valence-corrected chi connectivity index (χ1v) is 2.98. The van der Waals surface area contributed by atoms with Gasteiger partial charge in [-0.1, -0.05) is 37.3 Å². The minimum atomic E-state index is 1.13. The van der Waals surface area contributed by atoms with E-state index in [1.54, 1.807) is 0 Å². The summed E-state index contributed by atoms with van der Waals surface area (Å²) < 4.78 is 0. The van der Waals surface area contributed by atoms with Gasteiger partial charge in [0.2, 0.25) is 0 Å². The molecule has 0 saturated carbocycles. The number of hydrogen-bond acceptors (Lipinski definition) is 0. The average molecular weight is 106 g/mol. The van der Waals surface area contributed by atoms with Crippen LogP contribution in [0.4, 0.5) is 0 Å². The maximum absolute atomic E-state index is 2.21. The van der Waals surface area contributed by atoms with Crippen LogP contribution in [0.5, 0.6) is 0 Å². The van der Waals surface area contributed by atoms with Crippen LogP contribution in [0.15, 0.2) is 36.0 Å². The Bertz CT molecular complexity index is 133. The Morgan fingerprint density at radius 1 is 1.38 bits per heavy atom. The van der Waals surface area contributed by atoms with Crippen LogP contribution >= 0.6 is 0 Å². The van der Waals surface area contributed by atoms with Crippen molar-refractivity contribution in [3.05, 3.63) is 36.0 Å². The van der Waals surface area contributed by atoms with Crippen molar-refractivity contribution in [2.75, 3.05) is 0 Å². The molecule has 0 N–H and O–H groups in total. The van der Waals surface area contributed by atoms with Gasteiger partial charge in [0.15, 0.2) is 0 Å². The molecule has 0 amide bonds. The largest absolute Gasteiger partial charge is 0.0775 e. The maximum atomic E-state index is 2.21. The summed E-state index contributed by atoms with van der Waals surface area (Å²) in [4.78, 5) is 0. The van der Waals surface area contributed by atoms with Gasteiger partial charge in [-0.25, -0.2) is 0 Å². The van der Waals surface area contributed by atoms with E-state index in [1.807, 2.05) is 0 Å². The molecule has 0 bridgehead atoms. The number of allylic oxidation sites excluding steroid dienone is 6. The van der Waals surface area contributed by atoms with E-state index in [-0.39, 0.29) is 0 Å². The van der Waals surface area contributed by atoms with Crippen molar-refractivity contribution in [3.63, 3.8) is 0 Å². The van der Waals surface area contributed by atoms with E-state index in [4.69, 9.17) is 0 Å². The third kappa shape index (κ3) is 1.09. The smallest absolute Gasteiger partial charge is 0.0297 e. The van der Waals surface area contributed by atoms with Gasteiger partial charge >= 0.3 is 0 Å². The van der Waals surface area contributed by atoms with E-state index in [1.165, 1.54) is 5.57 Å². The molecule has 0 aromatic carbocycles. The zero-order valence-corrected chi connectivity index (χ0v) is 5.09. The zero-order chi connectivity index (χ0) is 5.82. The highest BCUT2D eigenvalue weighted by Gasteiger charge is 1.86. The fourth-order valence-corrected chi connectivity index (χ4v) is 0.761. The van der Waals surface area contributed by atoms with Crippen LogP contribution in [0.2, 0.25) is 0 Å². The molecule has 0 atom stereocenters. The lowest BCUT2D eigenvalue weighted by Crippen LogP contribution is -1.62. The highest BCUT2D eigenvalue weighted by atomic mass is 13.9. The van der Waals surface area contributed by atoms with Crippen molar-refractivity contribution < 1.29 is 0 Å². The molecule has 0 spiro atoms. The van der Waals surface area contributed by atoms with Crippen LogP contribution in [-0.2, 0) is 0 Å². The van der Waals surface area contributed by atoms with Crippen molar-refractivity contribution in [2.24, 2.45) is 0 Å². The second-order valence-electron chi connectivity index (χ2n) is 1.83. The van der Waals surface area contributed by atoms with Crippen molar-refractivity contribution >= 4 is 0 Å². The van der Waals surface area contributed by atoms with Crippen LogP contribution < -0.4 is 0 Å². The Morgan fingerprint density at radius 3 is 2.50 bits per heavy atom. The van der Waals surface area contributed by atoms with Gasteiger partial charge in [0.1, 0.15) is 0 Å². The summed E-state index contributed by atoms with van der Waals surface area (Å²) >= 11 is 0. The lowest BCUT2D eigenvalue weighted by Gasteiger charge is -1.82. The van der Waals surface area contributed by atoms with Crippen molar-refractivity contribution in [1.82, 2.24) is 0 Å². The monoisotopic (exact) mass is 106 g/mol. The van der Waals surface area contributed by atoms with Crippen molar-refractivity contribution in [3.8, 4) is 0 Å². The van der Waals surface area contributed by atoms with Gasteiger partial charge in [0, 0.05) is 0 Å². The summed E-state index contributed by atoms with van der Waals surface area (Å²) in [6, 6.07) is 0. The molecule has 0 saturated heterocycles. The molecule has 0 aromatic heterocycles. The summed E-state index contributed by atoms with van der Waals surface area (Å²) in [6.45, 7) is 2.15. The summed E-state index contributed by atoms with van der Waals surface area (Å²) in [5.41, 5.74) is 1.34. The van der Waals surface area contributed by atoms with Crippen molar-refractivity contribution in [2.45, 2.75) is 13.3 Å². The fourth-order valence-electron chi connectivity index (χ4n) is 0.761. The lowest BCUT2D eigenvalue weighted by atomic mass is 10.2. The zero-order valence-electron chi connectivity index (χ0n) is 5.09. The molecule has 0 radical (unpaired) electrons. The SMILES string of the molecule is CCC=C1C=CC=C1. The molecular weight excluding hydrogens is 96.1 g/mol. The van der Waals surface area contributed by atoms with E-state index in [0.29, 0.717) is 0 Å². The first-order valence-electron chi connectivity index (χ1n) is 2.98. The molecule has 1 aliphatic rings. The molecule has 1 rings (SSSR count). The van der Waals surface area contributed by atoms with Gasteiger partial charge in [0.25, 0.3) is 0 Å². The van der Waals surface area contributed by atoms with Gasteiger partial charge in [0.05, 0.1) is 0 Å². The quantitative estimate of drug-likeness (QED) is 0.481. The fraction of sp³-hybridized carbons (Fsp3) is 0.250. The van der Waals surface area contributed by atoms with E-state index in [0.717, 1.165) is 6.42 Å². The summed E-state index contributed by atoms with van der Waals surface area (Å²) in [7, 11) is 0. The van der Waals surface area contributed by atoms with E-state index in [9.17, 15) is 0 Å². The Hall–Kier alpha value is -0.780. The molecule has 42 valence electrons. The van der Waals surface area contributed by atoms with Crippen LogP contribution in [0, 0.1) is 0 Å². The molecule has 8 heavy (non-hydrogen) atoms. The summed E-state index contributed by atoms with van der Waals surface area (Å²) in [5.74, 6) is 0. The Morgan fingerprint density at radius 2 is 2.00 bits per heavy atom. The first kappa shape index (κ1) is 5.36. The topological polar surface area (TPSA) is 0 Å². The molecule has 0 unspecified atom stereocenters. The molecule has 0 nitrogen and oxygen atoms in total. The number of rotatable bonds is 1. The standard InChI is InChI=1S/C8H10/c1-2-5-8-6-3-4-7-8/h3-7H,2H2,1H3. The second-order valence-corrected chi connectivity index (χ2v) is 1.83. The van der Waals surface area contributed by atoms with Gasteiger partial charge in [-0.15, -0.1) is 0 Å². The third-order valence-electron chi connectivity index (χ3n) is 1.13. The second kappa shape index (κ2) is 2.51. The van der Waals surface area contributed by atoms with Crippen LogP contribution in [0.3, 0.4) is 0 Å². The Kier molecular flexibility index (Phi) is 1.68. The van der Waals surface area contributed by atoms with Gasteiger partial charge in [-0.3, -0.25) is 0 Å². The summed E-state index contributed by atoms with van der Waals surface area (Å²) in [5, 5.41) is 0. The average Bonchev–Trinajstić information content (AvgIpc) is 2.19. The van der Waals surface area contributed by atoms with Crippen LogP contribution in [0.1, 0.15) is 13.3 Å². The summed E-state index contributed by atoms with van der Waals surface area (Å²) in [6.07, 6.45) is 11.7. The molecule has 0 aliphatic heterocycles. The van der Waals surface area contributed by atoms with E-state index in [2.05, 4.69) is 37.3 Å². The highest BCUT2D eigenvalue weighted by molar-refractivity contribution is 5.39. The molecule has 0 fully saturated rings. The molecule has 0 aromatic rings. The minimum absolute atomic E-state index is 1.13. The van der Waals surface area contributed by atoms with Crippen molar-refractivity contribution in [1.29, 1.82) is 0 Å². The Labute approximate surface area is 50.2 Å². The van der Waals surface area contributed by atoms with Crippen LogP contribution in [-0.4, -0.2) is 0 Å².